The summed E-state index contributed by atoms with van der Waals surface area (Å²) >= 11 is 1.28. The third-order valence-corrected chi connectivity index (χ3v) is 4.12. The van der Waals surface area contributed by atoms with E-state index >= 15 is 0 Å². The Morgan fingerprint density at radius 1 is 1.35 bits per heavy atom. The Hall–Kier alpha value is -1.34. The molecule has 0 radical (unpaired) electrons. The zero-order valence-corrected chi connectivity index (χ0v) is 13.4. The fourth-order valence-corrected chi connectivity index (χ4v) is 3.47. The maximum absolute atomic E-state index is 12.7. The molecule has 1 amide bonds. The number of amides is 1. The van der Waals surface area contributed by atoms with Crippen molar-refractivity contribution in [3.05, 3.63) is 4.88 Å². The molecule has 0 spiro atoms. The molecule has 112 valence electrons. The summed E-state index contributed by atoms with van der Waals surface area (Å²) in [6.45, 7) is 9.04. The van der Waals surface area contributed by atoms with E-state index in [0.717, 1.165) is 0 Å². The van der Waals surface area contributed by atoms with Gasteiger partial charge in [-0.25, -0.2) is 4.98 Å². The molecule has 7 heteroatoms. The lowest BCUT2D eigenvalue weighted by Crippen LogP contribution is -2.58. The van der Waals surface area contributed by atoms with Crippen LogP contribution in [0.1, 0.15) is 37.4 Å². The van der Waals surface area contributed by atoms with E-state index in [1.54, 1.807) is 11.9 Å². The van der Waals surface area contributed by atoms with Crippen molar-refractivity contribution in [1.29, 1.82) is 0 Å². The van der Waals surface area contributed by atoms with Crippen molar-refractivity contribution in [2.75, 3.05) is 31.2 Å². The number of carbonyl (C=O) groups is 1. The Morgan fingerprint density at radius 3 is 2.35 bits per heavy atom. The highest BCUT2D eigenvalue weighted by Gasteiger charge is 2.40. The second kappa shape index (κ2) is 4.89. The van der Waals surface area contributed by atoms with Gasteiger partial charge in [0.25, 0.3) is 5.91 Å². The number of anilines is 2. The van der Waals surface area contributed by atoms with Gasteiger partial charge in [-0.15, -0.1) is 0 Å². The Balaban J connectivity index is 2.26. The van der Waals surface area contributed by atoms with Gasteiger partial charge in [0, 0.05) is 20.1 Å². The summed E-state index contributed by atoms with van der Waals surface area (Å²) < 4.78 is 5.98. The molecule has 1 aromatic rings. The number of nitrogens with two attached hydrogens (primary N) is 1. The average molecular weight is 298 g/mol. The van der Waals surface area contributed by atoms with E-state index in [4.69, 9.17) is 10.5 Å². The lowest BCUT2D eigenvalue weighted by Gasteiger charge is -2.47. The Morgan fingerprint density at radius 2 is 1.90 bits per heavy atom. The minimum absolute atomic E-state index is 0.0778. The second-order valence-electron chi connectivity index (χ2n) is 6.27. The maximum atomic E-state index is 12.7. The summed E-state index contributed by atoms with van der Waals surface area (Å²) in [5.74, 6) is 0.206. The van der Waals surface area contributed by atoms with Crippen LogP contribution in [0.15, 0.2) is 0 Å². The molecule has 0 aromatic carbocycles. The number of rotatable bonds is 2. The van der Waals surface area contributed by atoms with Crippen molar-refractivity contribution < 1.29 is 9.53 Å². The van der Waals surface area contributed by atoms with Gasteiger partial charge in [0.2, 0.25) is 0 Å². The number of aromatic nitrogens is 1. The van der Waals surface area contributed by atoms with Gasteiger partial charge in [-0.1, -0.05) is 11.3 Å². The predicted octanol–water partition coefficient (Wildman–Crippen LogP) is 1.80. The van der Waals surface area contributed by atoms with Crippen LogP contribution >= 0.6 is 11.3 Å². The van der Waals surface area contributed by atoms with Crippen molar-refractivity contribution in [3.63, 3.8) is 0 Å². The lowest BCUT2D eigenvalue weighted by atomic mass is 9.99. The van der Waals surface area contributed by atoms with Gasteiger partial charge in [-0.05, 0) is 27.7 Å². The number of hydrogen-bond donors (Lipinski definition) is 2. The van der Waals surface area contributed by atoms with Gasteiger partial charge in [-0.3, -0.25) is 4.79 Å². The molecule has 1 aromatic heterocycles. The number of morpholine rings is 1. The number of hydrogen-bond acceptors (Lipinski definition) is 6. The number of nitrogens with one attached hydrogen (secondary N) is 1. The summed E-state index contributed by atoms with van der Waals surface area (Å²) in [5, 5.41) is 3.56. The van der Waals surface area contributed by atoms with Crippen LogP contribution in [-0.4, -0.2) is 47.1 Å². The first-order valence-electron chi connectivity index (χ1n) is 6.57. The second-order valence-corrected chi connectivity index (χ2v) is 7.27. The van der Waals surface area contributed by atoms with Crippen LogP contribution in [0.25, 0.3) is 0 Å². The van der Waals surface area contributed by atoms with Gasteiger partial charge in [-0.2, -0.15) is 0 Å². The average Bonchev–Trinajstić information content (AvgIpc) is 2.65. The normalized spacial score (nSPS) is 20.8. The summed E-state index contributed by atoms with van der Waals surface area (Å²) in [5.41, 5.74) is 5.10. The molecule has 1 aliphatic rings. The fraction of sp³-hybridized carbons (Fsp3) is 0.692. The highest BCUT2D eigenvalue weighted by atomic mass is 32.1. The predicted molar refractivity (Wildman–Crippen MR) is 81.2 cm³/mol. The zero-order chi connectivity index (χ0) is 15.1. The van der Waals surface area contributed by atoms with E-state index in [0.29, 0.717) is 23.1 Å². The summed E-state index contributed by atoms with van der Waals surface area (Å²) in [4.78, 5) is 19.1. The number of ether oxygens (including phenoxy) is 1. The van der Waals surface area contributed by atoms with Crippen LogP contribution in [0.5, 0.6) is 0 Å². The summed E-state index contributed by atoms with van der Waals surface area (Å²) in [6.07, 6.45) is 0. The quantitative estimate of drug-likeness (QED) is 0.870. The third-order valence-electron chi connectivity index (χ3n) is 3.04. The molecule has 6 nitrogen and oxygen atoms in total. The molecule has 2 rings (SSSR count). The minimum Gasteiger partial charge on any atom is -0.382 e. The smallest absolute Gasteiger partial charge is 0.268 e. The standard InChI is InChI=1S/C13H22N4O2S/c1-12(2)6-17(7-13(3,4)19-12)10(18)8-9(14)16-11(15-5)20-8/h6-7,14H2,1-5H3,(H,15,16). The van der Waals surface area contributed by atoms with Crippen LogP contribution in [0.4, 0.5) is 10.9 Å². The molecule has 0 atom stereocenters. The zero-order valence-electron chi connectivity index (χ0n) is 12.6. The Bertz CT molecular complexity index is 508. The monoisotopic (exact) mass is 298 g/mol. The van der Waals surface area contributed by atoms with Crippen LogP contribution < -0.4 is 11.1 Å². The molecule has 1 aliphatic heterocycles. The van der Waals surface area contributed by atoms with Gasteiger partial charge >= 0.3 is 0 Å². The third kappa shape index (κ3) is 3.04. The highest BCUT2D eigenvalue weighted by molar-refractivity contribution is 7.18. The molecule has 0 saturated carbocycles. The van der Waals surface area contributed by atoms with E-state index in [-0.39, 0.29) is 22.9 Å². The Kier molecular flexibility index (Phi) is 3.68. The van der Waals surface area contributed by atoms with Crippen molar-refractivity contribution in [3.8, 4) is 0 Å². The molecule has 1 saturated heterocycles. The van der Waals surface area contributed by atoms with E-state index in [1.807, 2.05) is 27.7 Å². The number of nitrogen functional groups attached to an aromatic ring is 1. The SMILES string of the molecule is CNc1nc(N)c(C(=O)N2CC(C)(C)OC(C)(C)C2)s1. The molecular formula is C13H22N4O2S. The minimum atomic E-state index is -0.372. The van der Waals surface area contributed by atoms with Crippen LogP contribution in [0, 0.1) is 0 Å². The molecule has 3 N–H and O–H groups in total. The highest BCUT2D eigenvalue weighted by Crippen LogP contribution is 2.32. The first-order valence-corrected chi connectivity index (χ1v) is 7.39. The molecule has 0 aliphatic carbocycles. The Labute approximate surface area is 123 Å². The molecule has 0 unspecified atom stereocenters. The van der Waals surface area contributed by atoms with Gasteiger partial charge in [0.15, 0.2) is 5.13 Å². The van der Waals surface area contributed by atoms with Crippen LogP contribution in [-0.2, 0) is 4.74 Å². The summed E-state index contributed by atoms with van der Waals surface area (Å²) in [7, 11) is 1.76. The maximum Gasteiger partial charge on any atom is 0.268 e. The summed E-state index contributed by atoms with van der Waals surface area (Å²) in [6, 6.07) is 0. The molecule has 0 bridgehead atoms. The molecule has 20 heavy (non-hydrogen) atoms. The van der Waals surface area contributed by atoms with Gasteiger partial charge in [0.1, 0.15) is 10.7 Å². The van der Waals surface area contributed by atoms with Crippen LogP contribution in [0.2, 0.25) is 0 Å². The van der Waals surface area contributed by atoms with E-state index in [1.165, 1.54) is 11.3 Å². The molecule has 2 heterocycles. The lowest BCUT2D eigenvalue weighted by molar-refractivity contribution is -0.171. The van der Waals surface area contributed by atoms with Crippen molar-refractivity contribution >= 4 is 28.2 Å². The van der Waals surface area contributed by atoms with E-state index in [9.17, 15) is 4.79 Å². The van der Waals surface area contributed by atoms with Crippen molar-refractivity contribution in [1.82, 2.24) is 9.88 Å². The number of carbonyl (C=O) groups excluding carboxylic acids is 1. The van der Waals surface area contributed by atoms with E-state index < -0.39 is 0 Å². The fourth-order valence-electron chi connectivity index (χ4n) is 2.67. The van der Waals surface area contributed by atoms with Gasteiger partial charge in [0.05, 0.1) is 11.2 Å². The molecular weight excluding hydrogens is 276 g/mol. The van der Waals surface area contributed by atoms with Crippen molar-refractivity contribution in [2.24, 2.45) is 0 Å². The number of thiazole rings is 1. The first-order chi connectivity index (χ1) is 9.13. The number of nitrogens with zero attached hydrogens (tertiary/aromatic N) is 2. The first kappa shape index (κ1) is 15.1. The van der Waals surface area contributed by atoms with E-state index in [2.05, 4.69) is 10.3 Å². The van der Waals surface area contributed by atoms with Gasteiger partial charge < -0.3 is 20.7 Å². The molecule has 1 fully saturated rings. The topological polar surface area (TPSA) is 80.5 Å². The van der Waals surface area contributed by atoms with Crippen molar-refractivity contribution in [2.45, 2.75) is 38.9 Å². The van der Waals surface area contributed by atoms with Crippen LogP contribution in [0.3, 0.4) is 0 Å². The largest absolute Gasteiger partial charge is 0.382 e.